The molecule has 3 heterocycles. The van der Waals surface area contributed by atoms with Gasteiger partial charge in [0.1, 0.15) is 11.5 Å². The Morgan fingerprint density at radius 2 is 2.12 bits per heavy atom. The SMILES string of the molecule is COc1ccc(OC)c(CCNC(=O)C2CCCN(c3nn4c(=O)cc(C)nc4s3)C2)c1. The summed E-state index contributed by atoms with van der Waals surface area (Å²) in [4.78, 5) is 32.0. The van der Waals surface area contributed by atoms with Crippen LogP contribution in [0.2, 0.25) is 0 Å². The van der Waals surface area contributed by atoms with Crippen LogP contribution in [0.25, 0.3) is 4.96 Å². The predicted molar refractivity (Wildman–Crippen MR) is 123 cm³/mol. The van der Waals surface area contributed by atoms with Gasteiger partial charge in [-0.3, -0.25) is 9.59 Å². The molecule has 0 bridgehead atoms. The van der Waals surface area contributed by atoms with Crippen molar-refractivity contribution in [3.63, 3.8) is 0 Å². The normalized spacial score (nSPS) is 16.2. The third-order valence-electron chi connectivity index (χ3n) is 5.61. The highest BCUT2D eigenvalue weighted by atomic mass is 32.1. The van der Waals surface area contributed by atoms with Crippen molar-refractivity contribution in [3.8, 4) is 11.5 Å². The van der Waals surface area contributed by atoms with E-state index < -0.39 is 0 Å². The maximum absolute atomic E-state index is 12.8. The zero-order chi connectivity index (χ0) is 22.7. The zero-order valence-corrected chi connectivity index (χ0v) is 19.3. The van der Waals surface area contributed by atoms with E-state index in [9.17, 15) is 9.59 Å². The van der Waals surface area contributed by atoms with Crippen LogP contribution < -0.4 is 25.2 Å². The number of aryl methyl sites for hydroxylation is 1. The van der Waals surface area contributed by atoms with E-state index in [1.807, 2.05) is 18.2 Å². The minimum absolute atomic E-state index is 0.0313. The van der Waals surface area contributed by atoms with Crippen LogP contribution in [0.3, 0.4) is 0 Å². The van der Waals surface area contributed by atoms with Gasteiger partial charge in [0.25, 0.3) is 5.56 Å². The molecule has 1 aliphatic rings. The number of nitrogens with one attached hydrogen (secondary N) is 1. The molecule has 1 atom stereocenters. The first-order valence-electron chi connectivity index (χ1n) is 10.6. The molecule has 1 aromatic carbocycles. The lowest BCUT2D eigenvalue weighted by atomic mass is 9.97. The van der Waals surface area contributed by atoms with E-state index in [1.165, 1.54) is 21.9 Å². The fraction of sp³-hybridized carbons (Fsp3) is 0.455. The van der Waals surface area contributed by atoms with Gasteiger partial charge in [-0.1, -0.05) is 11.3 Å². The number of aromatic nitrogens is 3. The molecule has 1 N–H and O–H groups in total. The number of fused-ring (bicyclic) bond motifs is 1. The molecule has 1 fully saturated rings. The number of methoxy groups -OCH3 is 2. The van der Waals surface area contributed by atoms with Crippen molar-refractivity contribution in [1.82, 2.24) is 19.9 Å². The maximum Gasteiger partial charge on any atom is 0.275 e. The first-order chi connectivity index (χ1) is 15.5. The molecule has 2 aromatic heterocycles. The molecule has 9 nitrogen and oxygen atoms in total. The van der Waals surface area contributed by atoms with Gasteiger partial charge in [0, 0.05) is 31.4 Å². The van der Waals surface area contributed by atoms with Gasteiger partial charge in [0.05, 0.1) is 20.1 Å². The first-order valence-corrected chi connectivity index (χ1v) is 11.4. The number of carbonyl (C=O) groups is 1. The van der Waals surface area contributed by atoms with Crippen molar-refractivity contribution in [2.24, 2.45) is 5.92 Å². The summed E-state index contributed by atoms with van der Waals surface area (Å²) >= 11 is 1.38. The molecular formula is C22H27N5O4S. The third-order valence-corrected chi connectivity index (χ3v) is 6.58. The second-order valence-electron chi connectivity index (χ2n) is 7.82. The Morgan fingerprint density at radius 1 is 1.28 bits per heavy atom. The van der Waals surface area contributed by atoms with Gasteiger partial charge >= 0.3 is 0 Å². The lowest BCUT2D eigenvalue weighted by Gasteiger charge is -2.31. The van der Waals surface area contributed by atoms with Gasteiger partial charge in [-0.2, -0.15) is 4.52 Å². The van der Waals surface area contributed by atoms with Gasteiger partial charge in [0.15, 0.2) is 0 Å². The monoisotopic (exact) mass is 457 g/mol. The number of amides is 1. The van der Waals surface area contributed by atoms with Crippen LogP contribution in [0.5, 0.6) is 11.5 Å². The summed E-state index contributed by atoms with van der Waals surface area (Å²) in [5, 5.41) is 8.22. The molecule has 0 aliphatic carbocycles. The average molecular weight is 458 g/mol. The van der Waals surface area contributed by atoms with E-state index in [0.29, 0.717) is 30.2 Å². The predicted octanol–water partition coefficient (Wildman–Crippen LogP) is 2.05. The van der Waals surface area contributed by atoms with Crippen molar-refractivity contribution < 1.29 is 14.3 Å². The lowest BCUT2D eigenvalue weighted by molar-refractivity contribution is -0.125. The lowest BCUT2D eigenvalue weighted by Crippen LogP contribution is -2.43. The Morgan fingerprint density at radius 3 is 2.91 bits per heavy atom. The molecule has 1 unspecified atom stereocenters. The molecule has 1 amide bonds. The molecular weight excluding hydrogens is 430 g/mol. The van der Waals surface area contributed by atoms with E-state index in [1.54, 1.807) is 21.1 Å². The summed E-state index contributed by atoms with van der Waals surface area (Å²) in [5.41, 5.74) is 1.48. The van der Waals surface area contributed by atoms with Crippen LogP contribution in [0.4, 0.5) is 5.13 Å². The van der Waals surface area contributed by atoms with Gasteiger partial charge in [-0.05, 0) is 49.9 Å². The number of carbonyl (C=O) groups excluding carboxylic acids is 1. The summed E-state index contributed by atoms with van der Waals surface area (Å²) in [6, 6.07) is 7.12. The van der Waals surface area contributed by atoms with Crippen LogP contribution in [-0.2, 0) is 11.2 Å². The Hall–Kier alpha value is -3.14. The second-order valence-corrected chi connectivity index (χ2v) is 8.75. The van der Waals surface area contributed by atoms with E-state index in [-0.39, 0.29) is 17.4 Å². The minimum Gasteiger partial charge on any atom is -0.497 e. The summed E-state index contributed by atoms with van der Waals surface area (Å²) in [7, 11) is 3.26. The summed E-state index contributed by atoms with van der Waals surface area (Å²) in [5.74, 6) is 1.44. The minimum atomic E-state index is -0.186. The number of nitrogens with zero attached hydrogens (tertiary/aromatic N) is 4. The standard InChI is InChI=1S/C22H27N5O4S/c1-14-11-19(28)27-21(24-14)32-22(25-27)26-10-4-5-16(13-26)20(29)23-9-8-15-12-17(30-2)6-7-18(15)31-3/h6-7,11-12,16H,4-5,8-10,13H2,1-3H3,(H,23,29). The van der Waals surface area contributed by atoms with Crippen LogP contribution >= 0.6 is 11.3 Å². The van der Waals surface area contributed by atoms with Crippen LogP contribution in [0.1, 0.15) is 24.1 Å². The fourth-order valence-electron chi connectivity index (χ4n) is 3.95. The highest BCUT2D eigenvalue weighted by Gasteiger charge is 2.27. The van der Waals surface area contributed by atoms with Gasteiger partial charge in [0.2, 0.25) is 16.0 Å². The van der Waals surface area contributed by atoms with Crippen molar-refractivity contribution in [3.05, 3.63) is 45.9 Å². The van der Waals surface area contributed by atoms with E-state index >= 15 is 0 Å². The molecule has 0 saturated carbocycles. The Labute approximate surface area is 190 Å². The summed E-state index contributed by atoms with van der Waals surface area (Å²) < 4.78 is 12.0. The third kappa shape index (κ3) is 4.69. The highest BCUT2D eigenvalue weighted by molar-refractivity contribution is 7.20. The van der Waals surface area contributed by atoms with Gasteiger partial charge < -0.3 is 19.7 Å². The van der Waals surface area contributed by atoms with Crippen molar-refractivity contribution in [2.75, 3.05) is 38.8 Å². The maximum atomic E-state index is 12.8. The van der Waals surface area contributed by atoms with Gasteiger partial charge in [-0.25, -0.2) is 4.98 Å². The Kier molecular flexibility index (Phi) is 6.59. The molecule has 4 rings (SSSR count). The van der Waals surface area contributed by atoms with Gasteiger partial charge in [-0.15, -0.1) is 5.10 Å². The van der Waals surface area contributed by atoms with Crippen LogP contribution in [0, 0.1) is 12.8 Å². The number of piperidine rings is 1. The second kappa shape index (κ2) is 9.56. The molecule has 3 aromatic rings. The number of ether oxygens (including phenoxy) is 2. The number of hydrogen-bond donors (Lipinski definition) is 1. The topological polar surface area (TPSA) is 98.1 Å². The van der Waals surface area contributed by atoms with Crippen LogP contribution in [-0.4, -0.2) is 54.4 Å². The zero-order valence-electron chi connectivity index (χ0n) is 18.5. The average Bonchev–Trinajstić information content (AvgIpc) is 3.23. The molecule has 0 radical (unpaired) electrons. The number of hydrogen-bond acceptors (Lipinski definition) is 8. The number of benzene rings is 1. The van der Waals surface area contributed by atoms with Crippen molar-refractivity contribution in [2.45, 2.75) is 26.2 Å². The Bertz CT molecular complexity index is 1170. The summed E-state index contributed by atoms with van der Waals surface area (Å²) in [6.07, 6.45) is 2.36. The quantitative estimate of drug-likeness (QED) is 0.580. The Balaban J connectivity index is 1.38. The number of anilines is 1. The first kappa shape index (κ1) is 22.1. The molecule has 1 aliphatic heterocycles. The molecule has 1 saturated heterocycles. The largest absolute Gasteiger partial charge is 0.497 e. The smallest absolute Gasteiger partial charge is 0.275 e. The number of rotatable bonds is 7. The van der Waals surface area contributed by atoms with Crippen molar-refractivity contribution >= 4 is 27.3 Å². The molecule has 170 valence electrons. The van der Waals surface area contributed by atoms with E-state index in [2.05, 4.69) is 20.3 Å². The molecule has 0 spiro atoms. The van der Waals surface area contributed by atoms with Crippen LogP contribution in [0.15, 0.2) is 29.1 Å². The fourth-order valence-corrected chi connectivity index (χ4v) is 4.93. The molecule has 32 heavy (non-hydrogen) atoms. The highest BCUT2D eigenvalue weighted by Crippen LogP contribution is 2.27. The van der Waals surface area contributed by atoms with E-state index in [0.717, 1.165) is 41.6 Å². The summed E-state index contributed by atoms with van der Waals surface area (Å²) in [6.45, 7) is 3.68. The van der Waals surface area contributed by atoms with E-state index in [4.69, 9.17) is 9.47 Å². The molecule has 10 heteroatoms. The van der Waals surface area contributed by atoms with Crippen molar-refractivity contribution in [1.29, 1.82) is 0 Å².